The summed E-state index contributed by atoms with van der Waals surface area (Å²) < 4.78 is 6.06. The first kappa shape index (κ1) is 19.9. The lowest BCUT2D eigenvalue weighted by Gasteiger charge is -2.24. The number of carbonyl (C=O) groups excluding carboxylic acids is 1. The Balaban J connectivity index is 1.73. The van der Waals surface area contributed by atoms with Crippen molar-refractivity contribution in [2.75, 3.05) is 0 Å². The zero-order valence-electron chi connectivity index (χ0n) is 16.9. The van der Waals surface area contributed by atoms with Gasteiger partial charge in [0.2, 0.25) is 0 Å². The van der Waals surface area contributed by atoms with Gasteiger partial charge in [0.1, 0.15) is 5.75 Å². The van der Waals surface area contributed by atoms with Crippen molar-refractivity contribution in [2.24, 2.45) is 5.92 Å². The molecule has 0 aliphatic heterocycles. The SMILES string of the molecule is CC[C@H](Oc1ccc2ccccc2c1)C(=O)N[C@@H](CC(C)C)c1ccccc1. The quantitative estimate of drug-likeness (QED) is 0.532. The molecular weight excluding hydrogens is 346 g/mol. The van der Waals surface area contributed by atoms with Crippen molar-refractivity contribution in [1.82, 2.24) is 5.32 Å². The van der Waals surface area contributed by atoms with Crippen molar-refractivity contribution >= 4 is 16.7 Å². The summed E-state index contributed by atoms with van der Waals surface area (Å²) in [5, 5.41) is 5.48. The van der Waals surface area contributed by atoms with Crippen molar-refractivity contribution < 1.29 is 9.53 Å². The number of carbonyl (C=O) groups is 1. The van der Waals surface area contributed by atoms with Gasteiger partial charge in [0.25, 0.3) is 5.91 Å². The molecule has 0 fully saturated rings. The van der Waals surface area contributed by atoms with Crippen LogP contribution < -0.4 is 10.1 Å². The molecule has 0 aliphatic carbocycles. The molecule has 0 spiro atoms. The lowest BCUT2D eigenvalue weighted by Crippen LogP contribution is -2.40. The first-order chi connectivity index (χ1) is 13.6. The fourth-order valence-electron chi connectivity index (χ4n) is 3.43. The normalized spacial score (nSPS) is 13.3. The molecule has 0 radical (unpaired) electrons. The van der Waals surface area contributed by atoms with Gasteiger partial charge >= 0.3 is 0 Å². The molecule has 3 nitrogen and oxygen atoms in total. The van der Waals surface area contributed by atoms with Crippen LogP contribution in [-0.4, -0.2) is 12.0 Å². The highest BCUT2D eigenvalue weighted by Gasteiger charge is 2.23. The third-order valence-corrected chi connectivity index (χ3v) is 4.89. The summed E-state index contributed by atoms with van der Waals surface area (Å²) in [5.74, 6) is 1.14. The van der Waals surface area contributed by atoms with Crippen LogP contribution >= 0.6 is 0 Å². The van der Waals surface area contributed by atoms with E-state index < -0.39 is 6.10 Å². The minimum absolute atomic E-state index is 0.0112. The van der Waals surface area contributed by atoms with E-state index >= 15 is 0 Å². The van der Waals surface area contributed by atoms with E-state index in [1.165, 1.54) is 0 Å². The molecular formula is C25H29NO2. The van der Waals surface area contributed by atoms with Gasteiger partial charge in [-0.1, -0.05) is 81.4 Å². The van der Waals surface area contributed by atoms with Gasteiger partial charge in [-0.25, -0.2) is 0 Å². The fourth-order valence-corrected chi connectivity index (χ4v) is 3.43. The molecule has 28 heavy (non-hydrogen) atoms. The number of ether oxygens (including phenoxy) is 1. The molecule has 3 aromatic carbocycles. The average Bonchev–Trinajstić information content (AvgIpc) is 2.71. The summed E-state index contributed by atoms with van der Waals surface area (Å²) in [5.41, 5.74) is 1.13. The minimum Gasteiger partial charge on any atom is -0.481 e. The van der Waals surface area contributed by atoms with Gasteiger partial charge in [0.05, 0.1) is 6.04 Å². The number of amides is 1. The van der Waals surface area contributed by atoms with E-state index in [9.17, 15) is 4.79 Å². The van der Waals surface area contributed by atoms with Crippen LogP contribution in [0.2, 0.25) is 0 Å². The molecule has 0 unspecified atom stereocenters. The fraction of sp³-hybridized carbons (Fsp3) is 0.320. The molecule has 0 saturated heterocycles. The second-order valence-electron chi connectivity index (χ2n) is 7.63. The summed E-state index contributed by atoms with van der Waals surface area (Å²) in [6.07, 6.45) is 0.990. The maximum absolute atomic E-state index is 13.0. The smallest absolute Gasteiger partial charge is 0.261 e. The molecule has 0 heterocycles. The predicted molar refractivity (Wildman–Crippen MR) is 115 cm³/mol. The van der Waals surface area contributed by atoms with E-state index in [1.54, 1.807) is 0 Å². The van der Waals surface area contributed by atoms with Crippen LogP contribution in [0.5, 0.6) is 5.75 Å². The van der Waals surface area contributed by atoms with E-state index in [0.29, 0.717) is 12.3 Å². The van der Waals surface area contributed by atoms with Crippen LogP contribution in [0.15, 0.2) is 72.8 Å². The Hall–Kier alpha value is -2.81. The standard InChI is InChI=1S/C25H29NO2/c1-4-24(28-22-15-14-19-10-8-9-13-21(19)17-22)25(27)26-23(16-18(2)3)20-11-6-5-7-12-20/h5-15,17-18,23-24H,4,16H2,1-3H3,(H,26,27)/t23-,24-/m0/s1. The molecule has 3 heteroatoms. The monoisotopic (exact) mass is 375 g/mol. The summed E-state index contributed by atoms with van der Waals surface area (Å²) in [7, 11) is 0. The Morgan fingerprint density at radius 3 is 2.29 bits per heavy atom. The second-order valence-corrected chi connectivity index (χ2v) is 7.63. The maximum Gasteiger partial charge on any atom is 0.261 e. The van der Waals surface area contributed by atoms with Crippen LogP contribution in [0.4, 0.5) is 0 Å². The molecule has 3 aromatic rings. The van der Waals surface area contributed by atoms with Crippen LogP contribution in [0.3, 0.4) is 0 Å². The third kappa shape index (κ3) is 5.13. The molecule has 0 aliphatic rings. The number of hydrogen-bond donors (Lipinski definition) is 1. The van der Waals surface area contributed by atoms with Gasteiger partial charge in [-0.2, -0.15) is 0 Å². The lowest BCUT2D eigenvalue weighted by molar-refractivity contribution is -0.129. The first-order valence-corrected chi connectivity index (χ1v) is 10.1. The van der Waals surface area contributed by atoms with E-state index in [-0.39, 0.29) is 11.9 Å². The second kappa shape index (κ2) is 9.41. The van der Waals surface area contributed by atoms with Crippen LogP contribution in [-0.2, 0) is 4.79 Å². The van der Waals surface area contributed by atoms with Gasteiger partial charge in [0, 0.05) is 0 Å². The van der Waals surface area contributed by atoms with Gasteiger partial charge in [-0.15, -0.1) is 0 Å². The Morgan fingerprint density at radius 2 is 1.61 bits per heavy atom. The third-order valence-electron chi connectivity index (χ3n) is 4.89. The van der Waals surface area contributed by atoms with E-state index in [4.69, 9.17) is 4.74 Å². The van der Waals surface area contributed by atoms with Crippen LogP contribution in [0, 0.1) is 5.92 Å². The molecule has 1 amide bonds. The molecule has 0 aromatic heterocycles. The molecule has 1 N–H and O–H groups in total. The number of rotatable bonds is 8. The molecule has 0 saturated carbocycles. The number of benzene rings is 3. The van der Waals surface area contributed by atoms with Crippen LogP contribution in [0.25, 0.3) is 10.8 Å². The predicted octanol–water partition coefficient (Wildman–Crippen LogP) is 5.90. The summed E-state index contributed by atoms with van der Waals surface area (Å²) in [6.45, 7) is 6.32. The van der Waals surface area contributed by atoms with Crippen molar-refractivity contribution in [1.29, 1.82) is 0 Å². The lowest BCUT2D eigenvalue weighted by atomic mass is 9.96. The van der Waals surface area contributed by atoms with Crippen LogP contribution in [0.1, 0.15) is 45.2 Å². The Morgan fingerprint density at radius 1 is 0.929 bits per heavy atom. The molecule has 2 atom stereocenters. The minimum atomic E-state index is -0.514. The van der Waals surface area contributed by atoms with Gasteiger partial charge in [0.15, 0.2) is 6.10 Å². The number of nitrogens with one attached hydrogen (secondary N) is 1. The first-order valence-electron chi connectivity index (χ1n) is 10.1. The molecule has 146 valence electrons. The largest absolute Gasteiger partial charge is 0.481 e. The van der Waals surface area contributed by atoms with Gasteiger partial charge in [-0.3, -0.25) is 4.79 Å². The summed E-state index contributed by atoms with van der Waals surface area (Å²) in [4.78, 5) is 13.0. The highest BCUT2D eigenvalue weighted by atomic mass is 16.5. The average molecular weight is 376 g/mol. The number of hydrogen-bond acceptors (Lipinski definition) is 2. The highest BCUT2D eigenvalue weighted by Crippen LogP contribution is 2.24. The zero-order valence-corrected chi connectivity index (χ0v) is 16.9. The Labute approximate surface area is 167 Å². The Kier molecular flexibility index (Phi) is 6.70. The molecule has 3 rings (SSSR count). The zero-order chi connectivity index (χ0) is 19.9. The molecule has 0 bridgehead atoms. The van der Waals surface area contributed by atoms with Crippen molar-refractivity contribution in [3.63, 3.8) is 0 Å². The van der Waals surface area contributed by atoms with Crippen molar-refractivity contribution in [3.8, 4) is 5.75 Å². The summed E-state index contributed by atoms with van der Waals surface area (Å²) >= 11 is 0. The summed E-state index contributed by atoms with van der Waals surface area (Å²) in [6, 6.07) is 24.2. The Bertz CT molecular complexity index is 905. The number of fused-ring (bicyclic) bond motifs is 1. The van der Waals surface area contributed by atoms with Gasteiger partial charge < -0.3 is 10.1 Å². The highest BCUT2D eigenvalue weighted by molar-refractivity contribution is 5.84. The van der Waals surface area contributed by atoms with E-state index in [0.717, 1.165) is 28.5 Å². The maximum atomic E-state index is 13.0. The van der Waals surface area contributed by atoms with Crippen molar-refractivity contribution in [2.45, 2.75) is 45.8 Å². The topological polar surface area (TPSA) is 38.3 Å². The van der Waals surface area contributed by atoms with E-state index in [1.807, 2.05) is 55.5 Å². The van der Waals surface area contributed by atoms with E-state index in [2.05, 4.69) is 43.4 Å². The van der Waals surface area contributed by atoms with Crippen molar-refractivity contribution in [3.05, 3.63) is 78.4 Å². The van der Waals surface area contributed by atoms with Gasteiger partial charge in [-0.05, 0) is 47.2 Å².